The van der Waals surface area contributed by atoms with Crippen LogP contribution in [0.4, 0.5) is 6.01 Å². The van der Waals surface area contributed by atoms with Gasteiger partial charge in [-0.1, -0.05) is 18.9 Å². The molecule has 16 heavy (non-hydrogen) atoms. The number of hydrogen-bond donors (Lipinski definition) is 0. The quantitative estimate of drug-likeness (QED) is 0.720. The van der Waals surface area contributed by atoms with Gasteiger partial charge in [0.25, 0.3) is 0 Å². The molecule has 0 bridgehead atoms. The summed E-state index contributed by atoms with van der Waals surface area (Å²) in [4.78, 5) is 2.23. The number of hydrogen-bond acceptors (Lipinski definition) is 4. The van der Waals surface area contributed by atoms with Crippen LogP contribution in [0.2, 0.25) is 0 Å². The maximum absolute atomic E-state index is 5.64. The highest BCUT2D eigenvalue weighted by atomic mass is 35.5. The van der Waals surface area contributed by atoms with Crippen LogP contribution in [0.15, 0.2) is 4.42 Å². The van der Waals surface area contributed by atoms with Gasteiger partial charge in [0, 0.05) is 24.9 Å². The Morgan fingerprint density at radius 2 is 2.19 bits per heavy atom. The van der Waals surface area contributed by atoms with Gasteiger partial charge in [-0.05, 0) is 18.8 Å². The number of aromatic nitrogens is 2. The first kappa shape index (κ1) is 11.7. The Kier molecular flexibility index (Phi) is 3.69. The molecule has 1 aromatic heterocycles. The first-order chi connectivity index (χ1) is 7.70. The van der Waals surface area contributed by atoms with E-state index in [2.05, 4.69) is 28.9 Å². The largest absolute Gasteiger partial charge is 0.408 e. The van der Waals surface area contributed by atoms with Crippen molar-refractivity contribution in [1.29, 1.82) is 0 Å². The van der Waals surface area contributed by atoms with Gasteiger partial charge in [-0.15, -0.1) is 16.7 Å². The Morgan fingerprint density at radius 1 is 1.44 bits per heavy atom. The average molecular weight is 244 g/mol. The molecule has 2 rings (SSSR count). The van der Waals surface area contributed by atoms with Crippen LogP contribution in [0.1, 0.15) is 32.6 Å². The third kappa shape index (κ3) is 2.88. The lowest BCUT2D eigenvalue weighted by Gasteiger charge is -2.21. The van der Waals surface area contributed by atoms with E-state index in [0.29, 0.717) is 36.2 Å². The molecular formula is C11H18ClN3O. The maximum Gasteiger partial charge on any atom is 0.318 e. The van der Waals surface area contributed by atoms with E-state index in [1.54, 1.807) is 0 Å². The van der Waals surface area contributed by atoms with Crippen molar-refractivity contribution in [2.75, 3.05) is 17.3 Å². The van der Waals surface area contributed by atoms with E-state index in [0.717, 1.165) is 6.54 Å². The fourth-order valence-electron chi connectivity index (χ4n) is 1.71. The Morgan fingerprint density at radius 3 is 2.75 bits per heavy atom. The summed E-state index contributed by atoms with van der Waals surface area (Å²) >= 11 is 5.64. The number of rotatable bonds is 6. The minimum Gasteiger partial charge on any atom is -0.408 e. The SMILES string of the molecule is CC(C)CN(c1nnc(CCCl)o1)C1CC1. The second kappa shape index (κ2) is 5.04. The molecule has 1 aliphatic rings. The zero-order valence-corrected chi connectivity index (χ0v) is 10.6. The fourth-order valence-corrected chi connectivity index (χ4v) is 1.87. The molecule has 0 unspecified atom stereocenters. The molecule has 1 fully saturated rings. The Labute approximate surface area is 101 Å². The molecule has 1 aromatic rings. The second-order valence-electron chi connectivity index (χ2n) is 4.69. The lowest BCUT2D eigenvalue weighted by atomic mass is 10.2. The number of nitrogens with zero attached hydrogens (tertiary/aromatic N) is 3. The Balaban J connectivity index is 2.05. The first-order valence-corrected chi connectivity index (χ1v) is 6.39. The molecule has 0 saturated heterocycles. The van der Waals surface area contributed by atoms with Crippen molar-refractivity contribution < 1.29 is 4.42 Å². The Bertz CT molecular complexity index is 336. The second-order valence-corrected chi connectivity index (χ2v) is 5.07. The number of alkyl halides is 1. The summed E-state index contributed by atoms with van der Waals surface area (Å²) in [6, 6.07) is 1.27. The van der Waals surface area contributed by atoms with Gasteiger partial charge in [0.2, 0.25) is 5.89 Å². The maximum atomic E-state index is 5.64. The van der Waals surface area contributed by atoms with E-state index < -0.39 is 0 Å². The van der Waals surface area contributed by atoms with Gasteiger partial charge >= 0.3 is 6.01 Å². The van der Waals surface area contributed by atoms with Crippen molar-refractivity contribution >= 4 is 17.6 Å². The van der Waals surface area contributed by atoms with Crippen LogP contribution in [-0.4, -0.2) is 28.7 Å². The minimum absolute atomic E-state index is 0.523. The van der Waals surface area contributed by atoms with Gasteiger partial charge in [-0.3, -0.25) is 0 Å². The van der Waals surface area contributed by atoms with E-state index in [4.69, 9.17) is 16.0 Å². The summed E-state index contributed by atoms with van der Waals surface area (Å²) in [5.41, 5.74) is 0. The van der Waals surface area contributed by atoms with Crippen molar-refractivity contribution in [3.05, 3.63) is 5.89 Å². The molecular weight excluding hydrogens is 226 g/mol. The monoisotopic (exact) mass is 243 g/mol. The van der Waals surface area contributed by atoms with E-state index in [-0.39, 0.29) is 0 Å². The van der Waals surface area contributed by atoms with E-state index in [9.17, 15) is 0 Å². The van der Waals surface area contributed by atoms with Crippen molar-refractivity contribution in [2.45, 2.75) is 39.2 Å². The molecule has 0 amide bonds. The van der Waals surface area contributed by atoms with Crippen LogP contribution in [0, 0.1) is 5.92 Å². The zero-order chi connectivity index (χ0) is 11.5. The molecule has 1 saturated carbocycles. The summed E-state index contributed by atoms with van der Waals surface area (Å²) in [5, 5.41) is 8.10. The van der Waals surface area contributed by atoms with Crippen LogP contribution in [0.3, 0.4) is 0 Å². The van der Waals surface area contributed by atoms with E-state index >= 15 is 0 Å². The predicted molar refractivity (Wildman–Crippen MR) is 63.9 cm³/mol. The third-order valence-corrected chi connectivity index (χ3v) is 2.75. The molecule has 1 aliphatic carbocycles. The first-order valence-electron chi connectivity index (χ1n) is 5.85. The van der Waals surface area contributed by atoms with Gasteiger partial charge in [0.1, 0.15) is 0 Å². The lowest BCUT2D eigenvalue weighted by Crippen LogP contribution is -2.30. The summed E-state index contributed by atoms with van der Waals surface area (Å²) < 4.78 is 5.61. The van der Waals surface area contributed by atoms with Gasteiger partial charge < -0.3 is 9.32 Å². The number of halogens is 1. The molecule has 0 aromatic carbocycles. The van der Waals surface area contributed by atoms with Crippen LogP contribution >= 0.6 is 11.6 Å². The molecule has 4 nitrogen and oxygen atoms in total. The van der Waals surface area contributed by atoms with Crippen molar-refractivity contribution in [3.8, 4) is 0 Å². The highest BCUT2D eigenvalue weighted by Crippen LogP contribution is 2.31. The van der Waals surface area contributed by atoms with E-state index in [1.165, 1.54) is 12.8 Å². The van der Waals surface area contributed by atoms with Gasteiger partial charge in [0.15, 0.2) is 0 Å². The molecule has 0 radical (unpaired) electrons. The smallest absolute Gasteiger partial charge is 0.318 e. The van der Waals surface area contributed by atoms with Crippen LogP contribution in [0.25, 0.3) is 0 Å². The molecule has 1 heterocycles. The highest BCUT2D eigenvalue weighted by molar-refractivity contribution is 6.17. The summed E-state index contributed by atoms with van der Waals surface area (Å²) in [6.45, 7) is 5.38. The number of anilines is 1. The molecule has 0 aliphatic heterocycles. The highest BCUT2D eigenvalue weighted by Gasteiger charge is 2.32. The van der Waals surface area contributed by atoms with Crippen LogP contribution in [0.5, 0.6) is 0 Å². The summed E-state index contributed by atoms with van der Waals surface area (Å²) in [5.74, 6) is 1.76. The standard InChI is InChI=1S/C11H18ClN3O/c1-8(2)7-15(9-3-4-9)11-14-13-10(16-11)5-6-12/h8-9H,3-7H2,1-2H3. The topological polar surface area (TPSA) is 42.2 Å². The van der Waals surface area contributed by atoms with Gasteiger partial charge in [-0.2, -0.15) is 0 Å². The zero-order valence-electron chi connectivity index (χ0n) is 9.82. The average Bonchev–Trinajstić information content (AvgIpc) is 2.96. The Hall–Kier alpha value is -0.770. The molecule has 0 N–H and O–H groups in total. The van der Waals surface area contributed by atoms with Crippen molar-refractivity contribution in [2.24, 2.45) is 5.92 Å². The molecule has 90 valence electrons. The summed E-state index contributed by atoms with van der Waals surface area (Å²) in [7, 11) is 0. The fraction of sp³-hybridized carbons (Fsp3) is 0.818. The normalized spacial score (nSPS) is 15.8. The van der Waals surface area contributed by atoms with Crippen molar-refractivity contribution in [1.82, 2.24) is 10.2 Å². The van der Waals surface area contributed by atoms with Crippen LogP contribution in [-0.2, 0) is 6.42 Å². The molecule has 0 spiro atoms. The third-order valence-electron chi connectivity index (χ3n) is 2.56. The lowest BCUT2D eigenvalue weighted by molar-refractivity contribution is 0.472. The molecule has 0 atom stereocenters. The predicted octanol–water partition coefficient (Wildman–Crippen LogP) is 2.48. The van der Waals surface area contributed by atoms with Gasteiger partial charge in [0.05, 0.1) is 0 Å². The minimum atomic E-state index is 0.523. The van der Waals surface area contributed by atoms with E-state index in [1.807, 2.05) is 0 Å². The van der Waals surface area contributed by atoms with Crippen LogP contribution < -0.4 is 4.90 Å². The van der Waals surface area contributed by atoms with Crippen molar-refractivity contribution in [3.63, 3.8) is 0 Å². The number of aryl methyl sites for hydroxylation is 1. The van der Waals surface area contributed by atoms with Gasteiger partial charge in [-0.25, -0.2) is 0 Å². The summed E-state index contributed by atoms with van der Waals surface area (Å²) in [6.07, 6.45) is 3.12. The molecule has 5 heteroatoms.